The number of aryl methyl sites for hydroxylation is 2. The number of aliphatic carboxylic acids is 1. The number of aromatic hydroxyl groups is 1. The SMILES string of the molecule is CCC(C(=O)O)N1C(=O)C(CO)(c2cc3c(cc2O)CCCC3)c2ccccc21. The molecular weight excluding hydrogens is 370 g/mol. The van der Waals surface area contributed by atoms with Crippen molar-refractivity contribution < 1.29 is 24.9 Å². The first-order valence-corrected chi connectivity index (χ1v) is 10.1. The van der Waals surface area contributed by atoms with Gasteiger partial charge in [-0.1, -0.05) is 31.2 Å². The van der Waals surface area contributed by atoms with Gasteiger partial charge in [-0.2, -0.15) is 0 Å². The van der Waals surface area contributed by atoms with Gasteiger partial charge in [0, 0.05) is 11.3 Å². The number of carbonyl (C=O) groups is 2. The monoisotopic (exact) mass is 395 g/mol. The van der Waals surface area contributed by atoms with Crippen molar-refractivity contribution >= 4 is 17.6 Å². The van der Waals surface area contributed by atoms with Gasteiger partial charge in [0.2, 0.25) is 5.91 Å². The van der Waals surface area contributed by atoms with E-state index < -0.39 is 29.9 Å². The van der Waals surface area contributed by atoms with E-state index in [0.29, 0.717) is 16.8 Å². The smallest absolute Gasteiger partial charge is 0.326 e. The van der Waals surface area contributed by atoms with E-state index in [1.54, 1.807) is 37.3 Å². The van der Waals surface area contributed by atoms with Crippen LogP contribution in [0.1, 0.15) is 48.4 Å². The number of rotatable bonds is 5. The molecule has 6 heteroatoms. The first-order chi connectivity index (χ1) is 14.0. The number of carboxylic acids is 1. The average molecular weight is 395 g/mol. The standard InChI is InChI=1S/C23H25NO5/c1-2-18(21(27)28)24-19-10-6-5-9-16(19)23(13-25,22(24)29)17-11-14-7-3-4-8-15(14)12-20(17)26/h5-6,9-12,18,25-26H,2-4,7-8,13H2,1H3,(H,27,28). The molecule has 4 rings (SSSR count). The van der Waals surface area contributed by atoms with E-state index in [9.17, 15) is 24.9 Å². The zero-order valence-electron chi connectivity index (χ0n) is 16.4. The van der Waals surface area contributed by atoms with Crippen molar-refractivity contribution in [3.05, 3.63) is 58.7 Å². The number of nitrogens with zero attached hydrogens (tertiary/aromatic N) is 1. The summed E-state index contributed by atoms with van der Waals surface area (Å²) in [4.78, 5) is 26.9. The van der Waals surface area contributed by atoms with E-state index in [1.165, 1.54) is 4.90 Å². The van der Waals surface area contributed by atoms with Gasteiger partial charge in [-0.05, 0) is 60.9 Å². The Hall–Kier alpha value is -2.86. The summed E-state index contributed by atoms with van der Waals surface area (Å²) in [5, 5.41) is 31.1. The molecule has 0 radical (unpaired) electrons. The number of anilines is 1. The Labute approximate surface area is 169 Å². The molecule has 0 spiro atoms. The maximum absolute atomic E-state index is 13.7. The Morgan fingerprint density at radius 3 is 2.41 bits per heavy atom. The van der Waals surface area contributed by atoms with Crippen LogP contribution in [0.3, 0.4) is 0 Å². The molecule has 0 bridgehead atoms. The second kappa shape index (κ2) is 7.19. The predicted molar refractivity (Wildman–Crippen MR) is 108 cm³/mol. The van der Waals surface area contributed by atoms with Crippen LogP contribution in [0.25, 0.3) is 0 Å². The fourth-order valence-electron chi connectivity index (χ4n) is 4.86. The first-order valence-electron chi connectivity index (χ1n) is 10.1. The zero-order valence-corrected chi connectivity index (χ0v) is 16.4. The van der Waals surface area contributed by atoms with Crippen molar-refractivity contribution in [2.24, 2.45) is 0 Å². The highest BCUT2D eigenvalue weighted by atomic mass is 16.4. The molecule has 6 nitrogen and oxygen atoms in total. The van der Waals surface area contributed by atoms with Crippen molar-refractivity contribution in [2.45, 2.75) is 50.5 Å². The maximum atomic E-state index is 13.7. The topological polar surface area (TPSA) is 98.1 Å². The van der Waals surface area contributed by atoms with Crippen LogP contribution in [-0.2, 0) is 27.8 Å². The zero-order chi connectivity index (χ0) is 20.8. The highest BCUT2D eigenvalue weighted by Gasteiger charge is 2.55. The largest absolute Gasteiger partial charge is 0.508 e. The van der Waals surface area contributed by atoms with E-state index in [2.05, 4.69) is 0 Å². The Morgan fingerprint density at radius 2 is 1.79 bits per heavy atom. The van der Waals surface area contributed by atoms with Crippen molar-refractivity contribution in [1.29, 1.82) is 0 Å². The van der Waals surface area contributed by atoms with Gasteiger partial charge in [-0.3, -0.25) is 9.69 Å². The summed E-state index contributed by atoms with van der Waals surface area (Å²) in [7, 11) is 0. The minimum atomic E-state index is -1.52. The number of aliphatic hydroxyl groups excluding tert-OH is 1. The summed E-state index contributed by atoms with van der Waals surface area (Å²) in [5.41, 5.74) is 1.97. The molecule has 152 valence electrons. The summed E-state index contributed by atoms with van der Waals surface area (Å²) in [6.07, 6.45) is 4.06. The number of benzene rings is 2. The number of hydrogen-bond acceptors (Lipinski definition) is 4. The first kappa shape index (κ1) is 19.5. The molecule has 3 N–H and O–H groups in total. The van der Waals surface area contributed by atoms with E-state index in [4.69, 9.17) is 0 Å². The van der Waals surface area contributed by atoms with Crippen LogP contribution in [0.15, 0.2) is 36.4 Å². The average Bonchev–Trinajstić information content (AvgIpc) is 2.97. The fraction of sp³-hybridized carbons (Fsp3) is 0.391. The van der Waals surface area contributed by atoms with E-state index in [0.717, 1.165) is 36.8 Å². The Bertz CT molecular complexity index is 985. The molecule has 1 aliphatic carbocycles. The number of fused-ring (bicyclic) bond motifs is 2. The fourth-order valence-corrected chi connectivity index (χ4v) is 4.86. The second-order valence-electron chi connectivity index (χ2n) is 7.86. The normalized spacial score (nSPS) is 21.6. The highest BCUT2D eigenvalue weighted by molar-refractivity contribution is 6.13. The van der Waals surface area contributed by atoms with Crippen LogP contribution >= 0.6 is 0 Å². The molecule has 1 aliphatic heterocycles. The van der Waals surface area contributed by atoms with Gasteiger partial charge in [-0.25, -0.2) is 4.79 Å². The number of phenols is 1. The lowest BCUT2D eigenvalue weighted by atomic mass is 9.73. The van der Waals surface area contributed by atoms with Gasteiger partial charge < -0.3 is 15.3 Å². The van der Waals surface area contributed by atoms with Crippen molar-refractivity contribution in [2.75, 3.05) is 11.5 Å². The van der Waals surface area contributed by atoms with Gasteiger partial charge in [0.25, 0.3) is 0 Å². The third-order valence-electron chi connectivity index (χ3n) is 6.35. The Kier molecular flexibility index (Phi) is 4.82. The summed E-state index contributed by atoms with van der Waals surface area (Å²) in [6, 6.07) is 9.43. The quantitative estimate of drug-likeness (QED) is 0.723. The molecule has 29 heavy (non-hydrogen) atoms. The molecule has 0 fully saturated rings. The number of carboxylic acid groups (broad SMARTS) is 1. The van der Waals surface area contributed by atoms with Gasteiger partial charge in [0.05, 0.1) is 6.61 Å². The Balaban J connectivity index is 1.96. The van der Waals surface area contributed by atoms with Gasteiger partial charge in [0.15, 0.2) is 0 Å². The van der Waals surface area contributed by atoms with Crippen LogP contribution in [-0.4, -0.2) is 39.8 Å². The number of aliphatic hydroxyl groups is 1. The van der Waals surface area contributed by atoms with Crippen molar-refractivity contribution in [3.63, 3.8) is 0 Å². The summed E-state index contributed by atoms with van der Waals surface area (Å²) >= 11 is 0. The molecule has 0 aromatic heterocycles. The van der Waals surface area contributed by atoms with Gasteiger partial charge in [-0.15, -0.1) is 0 Å². The van der Waals surface area contributed by atoms with Crippen LogP contribution < -0.4 is 4.90 Å². The molecule has 2 unspecified atom stereocenters. The van der Waals surface area contributed by atoms with E-state index in [-0.39, 0.29) is 12.2 Å². The van der Waals surface area contributed by atoms with Crippen LogP contribution in [0.2, 0.25) is 0 Å². The number of para-hydroxylation sites is 1. The van der Waals surface area contributed by atoms with Crippen molar-refractivity contribution in [1.82, 2.24) is 0 Å². The second-order valence-corrected chi connectivity index (χ2v) is 7.86. The predicted octanol–water partition coefficient (Wildman–Crippen LogP) is 2.76. The third-order valence-corrected chi connectivity index (χ3v) is 6.35. The van der Waals surface area contributed by atoms with E-state index >= 15 is 0 Å². The van der Waals surface area contributed by atoms with Crippen molar-refractivity contribution in [3.8, 4) is 5.75 Å². The summed E-state index contributed by atoms with van der Waals surface area (Å²) in [5.74, 6) is -1.64. The lowest BCUT2D eigenvalue weighted by Gasteiger charge is -2.31. The van der Waals surface area contributed by atoms with Crippen LogP contribution in [0.4, 0.5) is 5.69 Å². The third kappa shape index (κ3) is 2.74. The molecule has 2 aliphatic rings. The summed E-state index contributed by atoms with van der Waals surface area (Å²) in [6.45, 7) is 1.16. The lowest BCUT2D eigenvalue weighted by Crippen LogP contribution is -2.50. The molecule has 0 saturated carbocycles. The summed E-state index contributed by atoms with van der Waals surface area (Å²) < 4.78 is 0. The molecule has 0 saturated heterocycles. The molecule has 1 amide bonds. The number of phenolic OH excluding ortho intramolecular Hbond substituents is 1. The molecule has 1 heterocycles. The Morgan fingerprint density at radius 1 is 1.14 bits per heavy atom. The highest BCUT2D eigenvalue weighted by Crippen LogP contribution is 2.50. The minimum Gasteiger partial charge on any atom is -0.508 e. The molecule has 2 aromatic carbocycles. The van der Waals surface area contributed by atoms with Crippen LogP contribution in [0, 0.1) is 0 Å². The van der Waals surface area contributed by atoms with Crippen LogP contribution in [0.5, 0.6) is 5.75 Å². The number of hydrogen-bond donors (Lipinski definition) is 3. The molecular formula is C23H25NO5. The maximum Gasteiger partial charge on any atom is 0.326 e. The van der Waals surface area contributed by atoms with Gasteiger partial charge in [0.1, 0.15) is 17.2 Å². The molecule has 2 aromatic rings. The molecule has 2 atom stereocenters. The number of amides is 1. The number of carbonyl (C=O) groups excluding carboxylic acids is 1. The van der Waals surface area contributed by atoms with E-state index in [1.807, 2.05) is 6.07 Å². The van der Waals surface area contributed by atoms with Gasteiger partial charge >= 0.3 is 5.97 Å². The lowest BCUT2D eigenvalue weighted by molar-refractivity contribution is -0.140. The minimum absolute atomic E-state index is 0.0342.